The molecule has 0 amide bonds. The van der Waals surface area contributed by atoms with E-state index in [1.54, 1.807) is 0 Å². The van der Waals surface area contributed by atoms with Gasteiger partial charge in [-0.25, -0.2) is 0 Å². The molecule has 0 aromatic carbocycles. The van der Waals surface area contributed by atoms with Crippen LogP contribution in [0.3, 0.4) is 0 Å². The van der Waals surface area contributed by atoms with Gasteiger partial charge in [0.05, 0.1) is 19.6 Å². The van der Waals surface area contributed by atoms with Crippen LogP contribution >= 0.6 is 0 Å². The first-order chi connectivity index (χ1) is 8.23. The van der Waals surface area contributed by atoms with Crippen LogP contribution in [0.25, 0.3) is 0 Å². The van der Waals surface area contributed by atoms with Gasteiger partial charge in [0.2, 0.25) is 0 Å². The second-order valence-electron chi connectivity index (χ2n) is 3.18. The van der Waals surface area contributed by atoms with Crippen LogP contribution in [0, 0.1) is 5.92 Å². The number of ether oxygens (including phenoxy) is 2. The molecule has 18 heavy (non-hydrogen) atoms. The van der Waals surface area contributed by atoms with Crippen molar-refractivity contribution in [2.45, 2.75) is 26.4 Å². The van der Waals surface area contributed by atoms with E-state index in [-0.39, 0.29) is 13.2 Å². The molecule has 104 valence electrons. The Morgan fingerprint density at radius 3 is 1.94 bits per heavy atom. The molecule has 5 nitrogen and oxygen atoms in total. The largest absolute Gasteiger partial charge is 0.466 e. The number of ketones is 1. The lowest BCUT2D eigenvalue weighted by atomic mass is 10.00. The van der Waals surface area contributed by atoms with Crippen LogP contribution in [0.15, 0.2) is 0 Å². The van der Waals surface area contributed by atoms with Gasteiger partial charge in [-0.2, -0.15) is 13.2 Å². The zero-order chi connectivity index (χ0) is 14.3. The van der Waals surface area contributed by atoms with Crippen molar-refractivity contribution in [3.8, 4) is 0 Å². The van der Waals surface area contributed by atoms with Crippen LogP contribution in [0.4, 0.5) is 13.2 Å². The third-order valence-electron chi connectivity index (χ3n) is 1.84. The molecule has 0 aliphatic carbocycles. The van der Waals surface area contributed by atoms with E-state index in [0.29, 0.717) is 0 Å². The smallest absolute Gasteiger partial charge is 0.450 e. The second-order valence-corrected chi connectivity index (χ2v) is 3.18. The lowest BCUT2D eigenvalue weighted by molar-refractivity contribution is -0.182. The number of hydrogen-bond donors (Lipinski definition) is 0. The molecule has 0 aliphatic heterocycles. The summed E-state index contributed by atoms with van der Waals surface area (Å²) in [7, 11) is 0. The maximum absolute atomic E-state index is 12.2. The van der Waals surface area contributed by atoms with Crippen LogP contribution in [-0.2, 0) is 23.9 Å². The quantitative estimate of drug-likeness (QED) is 0.536. The number of rotatable bonds is 6. The Hall–Kier alpha value is -1.60. The molecule has 0 aromatic heterocycles. The molecule has 0 radical (unpaired) electrons. The van der Waals surface area contributed by atoms with E-state index in [1.165, 1.54) is 13.8 Å². The van der Waals surface area contributed by atoms with E-state index in [2.05, 4.69) is 9.47 Å². The van der Waals surface area contributed by atoms with E-state index in [9.17, 15) is 27.6 Å². The summed E-state index contributed by atoms with van der Waals surface area (Å²) in [5.74, 6) is -6.96. The molecule has 8 heteroatoms. The summed E-state index contributed by atoms with van der Waals surface area (Å²) >= 11 is 0. The highest BCUT2D eigenvalue weighted by molar-refractivity contribution is 6.04. The third kappa shape index (κ3) is 5.15. The maximum atomic E-state index is 12.2. The van der Waals surface area contributed by atoms with Crippen LogP contribution in [0.5, 0.6) is 0 Å². The van der Waals surface area contributed by atoms with Crippen LogP contribution in [0.1, 0.15) is 20.3 Å². The minimum absolute atomic E-state index is 0.0609. The number of carbonyl (C=O) groups excluding carboxylic acids is 3. The average molecular weight is 270 g/mol. The van der Waals surface area contributed by atoms with E-state index in [0.717, 1.165) is 0 Å². The van der Waals surface area contributed by atoms with E-state index < -0.39 is 36.2 Å². The van der Waals surface area contributed by atoms with Crippen molar-refractivity contribution in [2.75, 3.05) is 13.2 Å². The van der Waals surface area contributed by atoms with Gasteiger partial charge >= 0.3 is 18.1 Å². The predicted molar refractivity (Wildman–Crippen MR) is 52.4 cm³/mol. The number of esters is 2. The first-order valence-electron chi connectivity index (χ1n) is 5.17. The van der Waals surface area contributed by atoms with Crippen LogP contribution in [-0.4, -0.2) is 37.1 Å². The summed E-state index contributed by atoms with van der Waals surface area (Å²) in [6, 6.07) is 0. The van der Waals surface area contributed by atoms with Crippen molar-refractivity contribution in [1.82, 2.24) is 0 Å². The van der Waals surface area contributed by atoms with Crippen molar-refractivity contribution < 1.29 is 37.0 Å². The van der Waals surface area contributed by atoms with Gasteiger partial charge in [-0.3, -0.25) is 14.4 Å². The van der Waals surface area contributed by atoms with Gasteiger partial charge in [-0.1, -0.05) is 0 Å². The topological polar surface area (TPSA) is 69.7 Å². The molecular weight excluding hydrogens is 257 g/mol. The minimum atomic E-state index is -5.20. The van der Waals surface area contributed by atoms with Gasteiger partial charge in [0, 0.05) is 0 Å². The summed E-state index contributed by atoms with van der Waals surface area (Å²) in [5.41, 5.74) is 0. The fourth-order valence-corrected chi connectivity index (χ4v) is 1.11. The normalized spacial score (nSPS) is 12.7. The minimum Gasteiger partial charge on any atom is -0.466 e. The molecule has 0 spiro atoms. The van der Waals surface area contributed by atoms with Gasteiger partial charge in [0.1, 0.15) is 5.92 Å². The predicted octanol–water partition coefficient (Wildman–Crippen LogP) is 1.25. The Bertz CT molecular complexity index is 324. The molecule has 0 saturated heterocycles. The number of carbonyl (C=O) groups is 3. The molecule has 0 unspecified atom stereocenters. The van der Waals surface area contributed by atoms with Gasteiger partial charge < -0.3 is 9.47 Å². The zero-order valence-corrected chi connectivity index (χ0v) is 9.87. The molecule has 0 N–H and O–H groups in total. The molecule has 0 aliphatic rings. The molecule has 0 aromatic rings. The first kappa shape index (κ1) is 16.4. The molecule has 0 rings (SSSR count). The van der Waals surface area contributed by atoms with Gasteiger partial charge in [-0.05, 0) is 13.8 Å². The highest BCUT2D eigenvalue weighted by Gasteiger charge is 2.47. The Labute approximate surface area is 101 Å². The highest BCUT2D eigenvalue weighted by Crippen LogP contribution is 2.24. The van der Waals surface area contributed by atoms with Crippen molar-refractivity contribution in [2.24, 2.45) is 5.92 Å². The maximum Gasteiger partial charge on any atom is 0.450 e. The Balaban J connectivity index is 4.89. The Kier molecular flexibility index (Phi) is 6.35. The van der Waals surface area contributed by atoms with Crippen LogP contribution < -0.4 is 0 Å². The van der Waals surface area contributed by atoms with Gasteiger partial charge in [0.25, 0.3) is 5.78 Å². The molecule has 0 fully saturated rings. The number of halogens is 3. The van der Waals surface area contributed by atoms with Crippen molar-refractivity contribution in [3.05, 3.63) is 0 Å². The molecule has 0 bridgehead atoms. The van der Waals surface area contributed by atoms with Crippen LogP contribution in [0.2, 0.25) is 0 Å². The lowest BCUT2D eigenvalue weighted by Crippen LogP contribution is -2.38. The summed E-state index contributed by atoms with van der Waals surface area (Å²) < 4.78 is 45.4. The molecule has 1 atom stereocenters. The third-order valence-corrected chi connectivity index (χ3v) is 1.84. The monoisotopic (exact) mass is 270 g/mol. The molecule has 0 heterocycles. The SMILES string of the molecule is CCOC(=O)C[C@H](C(=O)OCC)C(=O)C(F)(F)F. The Morgan fingerprint density at radius 1 is 1.06 bits per heavy atom. The summed E-state index contributed by atoms with van der Waals surface area (Å²) in [4.78, 5) is 33.3. The van der Waals surface area contributed by atoms with Gasteiger partial charge in [0.15, 0.2) is 0 Å². The summed E-state index contributed by atoms with van der Waals surface area (Å²) in [5, 5.41) is 0. The average Bonchev–Trinajstić information content (AvgIpc) is 2.24. The molecular formula is C10H13F3O5. The van der Waals surface area contributed by atoms with E-state index in [4.69, 9.17) is 0 Å². The van der Waals surface area contributed by atoms with E-state index >= 15 is 0 Å². The van der Waals surface area contributed by atoms with Crippen molar-refractivity contribution in [3.63, 3.8) is 0 Å². The highest BCUT2D eigenvalue weighted by atomic mass is 19.4. The first-order valence-corrected chi connectivity index (χ1v) is 5.17. The standard InChI is InChI=1S/C10H13F3O5/c1-3-17-7(14)5-6(9(16)18-4-2)8(15)10(11,12)13/h6H,3-5H2,1-2H3/t6-/m0/s1. The van der Waals surface area contributed by atoms with Crippen molar-refractivity contribution in [1.29, 1.82) is 0 Å². The number of alkyl halides is 3. The lowest BCUT2D eigenvalue weighted by Gasteiger charge is -2.15. The van der Waals surface area contributed by atoms with E-state index in [1.807, 2.05) is 0 Å². The fraction of sp³-hybridized carbons (Fsp3) is 0.700. The number of hydrogen-bond acceptors (Lipinski definition) is 5. The van der Waals surface area contributed by atoms with Crippen molar-refractivity contribution >= 4 is 17.7 Å². The number of Topliss-reactive ketones (excluding diaryl/α,β-unsaturated/α-hetero) is 1. The zero-order valence-electron chi connectivity index (χ0n) is 9.87. The summed E-state index contributed by atoms with van der Waals surface area (Å²) in [6.07, 6.45) is -6.19. The Morgan fingerprint density at radius 2 is 1.56 bits per heavy atom. The summed E-state index contributed by atoms with van der Waals surface area (Å²) in [6.45, 7) is 2.57. The fourth-order valence-electron chi connectivity index (χ4n) is 1.11. The van der Waals surface area contributed by atoms with Gasteiger partial charge in [-0.15, -0.1) is 0 Å². The second kappa shape index (κ2) is 6.97. The molecule has 0 saturated carbocycles.